The second-order valence-electron chi connectivity index (χ2n) is 7.18. The molecule has 0 aromatic carbocycles. The molecule has 0 radical (unpaired) electrons. The average molecular weight is 387 g/mol. The third-order valence-electron chi connectivity index (χ3n) is 4.72. The van der Waals surface area contributed by atoms with Gasteiger partial charge in [0.15, 0.2) is 0 Å². The molecule has 7 heteroatoms. The molecule has 3 rings (SSSR count). The molecule has 1 N–H and O–H groups in total. The zero-order valence-electron chi connectivity index (χ0n) is 15.9. The van der Waals surface area contributed by atoms with E-state index in [-0.39, 0.29) is 23.7 Å². The summed E-state index contributed by atoms with van der Waals surface area (Å²) in [5.74, 6) is 0.339. The fourth-order valence-electron chi connectivity index (χ4n) is 3.16. The van der Waals surface area contributed by atoms with Crippen LogP contribution < -0.4 is 5.32 Å². The first-order chi connectivity index (χ1) is 13.0. The van der Waals surface area contributed by atoms with Crippen LogP contribution in [0.4, 0.5) is 0 Å². The third-order valence-corrected chi connectivity index (χ3v) is 5.77. The van der Waals surface area contributed by atoms with Gasteiger partial charge in [-0.25, -0.2) is 4.98 Å². The number of carbonyl (C=O) groups is 2. The SMILES string of the molecule is CC(C)C(=O)NCCc1csc([C@H]2CCCN(C(=O)c3ccccn3)C2)n1. The maximum atomic E-state index is 12.6. The van der Waals surface area contributed by atoms with Crippen LogP contribution in [-0.4, -0.2) is 46.3 Å². The van der Waals surface area contributed by atoms with Crippen molar-refractivity contribution in [1.82, 2.24) is 20.2 Å². The maximum absolute atomic E-state index is 12.6. The van der Waals surface area contributed by atoms with Crippen LogP contribution in [0, 0.1) is 5.92 Å². The Bertz CT molecular complexity index is 775. The van der Waals surface area contributed by atoms with Crippen LogP contribution in [0.3, 0.4) is 0 Å². The minimum atomic E-state index is -0.00604. The standard InChI is InChI=1S/C20H26N4O2S/c1-14(2)18(25)22-10-8-16-13-27-19(23-16)15-6-5-11-24(12-15)20(26)17-7-3-4-9-21-17/h3-4,7,9,13-15H,5-6,8,10-12H2,1-2H3,(H,22,25)/t15-/m0/s1. The topological polar surface area (TPSA) is 75.2 Å². The summed E-state index contributed by atoms with van der Waals surface area (Å²) in [6.07, 6.45) is 4.41. The fourth-order valence-corrected chi connectivity index (χ4v) is 4.14. The Hall–Kier alpha value is -2.28. The van der Waals surface area contributed by atoms with Crippen LogP contribution in [0.1, 0.15) is 53.8 Å². The van der Waals surface area contributed by atoms with Gasteiger partial charge in [0, 0.05) is 49.5 Å². The second-order valence-corrected chi connectivity index (χ2v) is 8.07. The van der Waals surface area contributed by atoms with Gasteiger partial charge in [-0.2, -0.15) is 0 Å². The monoisotopic (exact) mass is 386 g/mol. The van der Waals surface area contributed by atoms with E-state index in [2.05, 4.69) is 15.7 Å². The molecule has 1 aliphatic heterocycles. The lowest BCUT2D eigenvalue weighted by atomic mass is 9.98. The van der Waals surface area contributed by atoms with E-state index < -0.39 is 0 Å². The molecule has 1 atom stereocenters. The largest absolute Gasteiger partial charge is 0.355 e. The number of likely N-dealkylation sites (tertiary alicyclic amines) is 1. The number of piperidine rings is 1. The van der Waals surface area contributed by atoms with Crippen molar-refractivity contribution >= 4 is 23.2 Å². The smallest absolute Gasteiger partial charge is 0.272 e. The van der Waals surface area contributed by atoms with E-state index in [0.29, 0.717) is 18.8 Å². The molecule has 2 amide bonds. The first-order valence-electron chi connectivity index (χ1n) is 9.47. The molecule has 0 bridgehead atoms. The normalized spacial score (nSPS) is 17.1. The number of hydrogen-bond acceptors (Lipinski definition) is 5. The Balaban J connectivity index is 1.56. The molecule has 1 saturated heterocycles. The summed E-state index contributed by atoms with van der Waals surface area (Å²) in [7, 11) is 0. The Kier molecular flexibility index (Phi) is 6.55. The summed E-state index contributed by atoms with van der Waals surface area (Å²) in [5, 5.41) is 6.07. The molecule has 6 nitrogen and oxygen atoms in total. The van der Waals surface area contributed by atoms with Gasteiger partial charge in [-0.05, 0) is 25.0 Å². The number of carbonyl (C=O) groups excluding carboxylic acids is 2. The average Bonchev–Trinajstić information content (AvgIpc) is 3.17. The van der Waals surface area contributed by atoms with Crippen LogP contribution in [0.15, 0.2) is 29.8 Å². The highest BCUT2D eigenvalue weighted by Crippen LogP contribution is 2.30. The van der Waals surface area contributed by atoms with Crippen LogP contribution >= 0.6 is 11.3 Å². The summed E-state index contributed by atoms with van der Waals surface area (Å²) < 4.78 is 0. The molecule has 3 heterocycles. The maximum Gasteiger partial charge on any atom is 0.272 e. The van der Waals surface area contributed by atoms with Crippen LogP contribution in [0.2, 0.25) is 0 Å². The molecular formula is C20H26N4O2S. The summed E-state index contributed by atoms with van der Waals surface area (Å²) in [4.78, 5) is 35.1. The van der Waals surface area contributed by atoms with Gasteiger partial charge in [0.2, 0.25) is 5.91 Å². The highest BCUT2D eigenvalue weighted by atomic mass is 32.1. The van der Waals surface area contributed by atoms with Crippen molar-refractivity contribution in [2.45, 2.75) is 39.0 Å². The summed E-state index contributed by atoms with van der Waals surface area (Å²) in [5.41, 5.74) is 1.51. The number of amides is 2. The lowest BCUT2D eigenvalue weighted by molar-refractivity contribution is -0.123. The van der Waals surface area contributed by atoms with Gasteiger partial charge in [-0.3, -0.25) is 14.6 Å². The van der Waals surface area contributed by atoms with E-state index in [1.54, 1.807) is 23.6 Å². The number of thiazole rings is 1. The first kappa shape index (κ1) is 19.5. The van der Waals surface area contributed by atoms with E-state index in [0.717, 1.165) is 36.5 Å². The molecule has 2 aromatic rings. The Morgan fingerprint density at radius 1 is 1.37 bits per heavy atom. The van der Waals surface area contributed by atoms with Crippen molar-refractivity contribution in [3.63, 3.8) is 0 Å². The second kappa shape index (κ2) is 9.08. The Morgan fingerprint density at radius 2 is 2.22 bits per heavy atom. The van der Waals surface area contributed by atoms with Gasteiger partial charge >= 0.3 is 0 Å². The minimum absolute atomic E-state index is 0.000795. The molecule has 0 unspecified atom stereocenters. The number of pyridine rings is 1. The van der Waals surface area contributed by atoms with Gasteiger partial charge in [0.25, 0.3) is 5.91 Å². The van der Waals surface area contributed by atoms with Gasteiger partial charge in [0.1, 0.15) is 5.69 Å². The van der Waals surface area contributed by atoms with Crippen molar-refractivity contribution in [3.8, 4) is 0 Å². The molecule has 2 aromatic heterocycles. The Labute approximate surface area is 164 Å². The number of nitrogens with zero attached hydrogens (tertiary/aromatic N) is 3. The van der Waals surface area contributed by atoms with Gasteiger partial charge in [-0.15, -0.1) is 11.3 Å². The van der Waals surface area contributed by atoms with Gasteiger partial charge < -0.3 is 10.2 Å². The predicted octanol–water partition coefficient (Wildman–Crippen LogP) is 2.87. The van der Waals surface area contributed by atoms with Crippen molar-refractivity contribution in [2.24, 2.45) is 5.92 Å². The van der Waals surface area contributed by atoms with E-state index >= 15 is 0 Å². The van der Waals surface area contributed by atoms with Crippen LogP contribution in [-0.2, 0) is 11.2 Å². The van der Waals surface area contributed by atoms with Crippen molar-refractivity contribution in [2.75, 3.05) is 19.6 Å². The van der Waals surface area contributed by atoms with E-state index in [1.165, 1.54) is 0 Å². The lowest BCUT2D eigenvalue weighted by Gasteiger charge is -2.31. The number of hydrogen-bond donors (Lipinski definition) is 1. The first-order valence-corrected chi connectivity index (χ1v) is 10.3. The van der Waals surface area contributed by atoms with Crippen LogP contribution in [0.25, 0.3) is 0 Å². The summed E-state index contributed by atoms with van der Waals surface area (Å²) >= 11 is 1.65. The number of nitrogens with one attached hydrogen (secondary N) is 1. The summed E-state index contributed by atoms with van der Waals surface area (Å²) in [6.45, 7) is 5.84. The lowest BCUT2D eigenvalue weighted by Crippen LogP contribution is -2.39. The highest BCUT2D eigenvalue weighted by molar-refractivity contribution is 7.09. The van der Waals surface area contributed by atoms with Crippen molar-refractivity contribution in [1.29, 1.82) is 0 Å². The van der Waals surface area contributed by atoms with Crippen molar-refractivity contribution in [3.05, 3.63) is 46.2 Å². The molecule has 0 saturated carbocycles. The molecular weight excluding hydrogens is 360 g/mol. The zero-order chi connectivity index (χ0) is 19.2. The molecule has 1 aliphatic rings. The number of aromatic nitrogens is 2. The molecule has 144 valence electrons. The summed E-state index contributed by atoms with van der Waals surface area (Å²) in [6, 6.07) is 5.42. The van der Waals surface area contributed by atoms with E-state index in [9.17, 15) is 9.59 Å². The Morgan fingerprint density at radius 3 is 2.96 bits per heavy atom. The number of rotatable bonds is 6. The molecule has 27 heavy (non-hydrogen) atoms. The molecule has 0 aliphatic carbocycles. The molecule has 1 fully saturated rings. The highest BCUT2D eigenvalue weighted by Gasteiger charge is 2.27. The predicted molar refractivity (Wildman–Crippen MR) is 106 cm³/mol. The third kappa shape index (κ3) is 5.13. The molecule has 0 spiro atoms. The van der Waals surface area contributed by atoms with Crippen molar-refractivity contribution < 1.29 is 9.59 Å². The fraction of sp³-hybridized carbons (Fsp3) is 0.500. The minimum Gasteiger partial charge on any atom is -0.355 e. The van der Waals surface area contributed by atoms with Gasteiger partial charge in [-0.1, -0.05) is 19.9 Å². The quantitative estimate of drug-likeness (QED) is 0.828. The van der Waals surface area contributed by atoms with Crippen LogP contribution in [0.5, 0.6) is 0 Å². The van der Waals surface area contributed by atoms with E-state index in [4.69, 9.17) is 4.98 Å². The van der Waals surface area contributed by atoms with E-state index in [1.807, 2.05) is 30.9 Å². The van der Waals surface area contributed by atoms with Gasteiger partial charge in [0.05, 0.1) is 10.7 Å². The zero-order valence-corrected chi connectivity index (χ0v) is 16.7.